The molecule has 124 valence electrons. The summed E-state index contributed by atoms with van der Waals surface area (Å²) in [7, 11) is 0. The first-order valence-electron chi connectivity index (χ1n) is 9.18. The Morgan fingerprint density at radius 1 is 0.762 bits per heavy atom. The molecule has 21 heavy (non-hydrogen) atoms. The zero-order valence-corrected chi connectivity index (χ0v) is 13.9. The molecule has 1 spiro atoms. The van der Waals surface area contributed by atoms with Crippen LogP contribution in [0.1, 0.15) is 90.4 Å². The summed E-state index contributed by atoms with van der Waals surface area (Å²) in [4.78, 5) is 0. The van der Waals surface area contributed by atoms with Crippen LogP contribution in [-0.2, 0) is 9.47 Å². The Balaban J connectivity index is 1.52. The van der Waals surface area contributed by atoms with Gasteiger partial charge in [0.05, 0.1) is 18.8 Å². The summed E-state index contributed by atoms with van der Waals surface area (Å²) in [6.45, 7) is 3.70. The molecule has 0 aromatic rings. The molecule has 1 N–H and O–H groups in total. The van der Waals surface area contributed by atoms with Gasteiger partial charge >= 0.3 is 0 Å². The zero-order valence-electron chi connectivity index (χ0n) is 13.9. The van der Waals surface area contributed by atoms with E-state index in [1.807, 2.05) is 0 Å². The summed E-state index contributed by atoms with van der Waals surface area (Å²) in [5.41, 5.74) is -0.456. The second-order valence-electron chi connectivity index (χ2n) is 7.06. The molecule has 1 aliphatic carbocycles. The topological polar surface area (TPSA) is 38.7 Å². The second-order valence-corrected chi connectivity index (χ2v) is 7.06. The molecular formula is C18H34O3. The second kappa shape index (κ2) is 8.50. The van der Waals surface area contributed by atoms with Crippen LogP contribution in [0.3, 0.4) is 0 Å². The van der Waals surface area contributed by atoms with E-state index in [0.29, 0.717) is 0 Å². The molecule has 2 fully saturated rings. The van der Waals surface area contributed by atoms with Crippen molar-refractivity contribution in [3.05, 3.63) is 0 Å². The lowest BCUT2D eigenvalue weighted by Gasteiger charge is -2.40. The van der Waals surface area contributed by atoms with Crippen molar-refractivity contribution in [3.63, 3.8) is 0 Å². The fourth-order valence-electron chi connectivity index (χ4n) is 3.72. The molecular weight excluding hydrogens is 264 g/mol. The predicted molar refractivity (Wildman–Crippen MR) is 85.3 cm³/mol. The van der Waals surface area contributed by atoms with E-state index in [1.54, 1.807) is 0 Å². The molecule has 0 amide bonds. The van der Waals surface area contributed by atoms with Gasteiger partial charge in [0.1, 0.15) is 0 Å². The summed E-state index contributed by atoms with van der Waals surface area (Å²) in [5, 5.41) is 10.7. The summed E-state index contributed by atoms with van der Waals surface area (Å²) in [6.07, 6.45) is 15.0. The highest BCUT2D eigenvalue weighted by molar-refractivity contribution is 4.91. The van der Waals surface area contributed by atoms with Gasteiger partial charge in [0.25, 0.3) is 0 Å². The minimum atomic E-state index is -0.456. The lowest BCUT2D eigenvalue weighted by Crippen LogP contribution is -2.43. The first-order valence-corrected chi connectivity index (χ1v) is 9.18. The Labute approximate surface area is 130 Å². The van der Waals surface area contributed by atoms with E-state index < -0.39 is 5.60 Å². The SMILES string of the molecule is CCCCCCCCCCC1(O)CCC2(CC1)OCCO2. The van der Waals surface area contributed by atoms with E-state index in [1.165, 1.54) is 51.4 Å². The van der Waals surface area contributed by atoms with Gasteiger partial charge in [-0.15, -0.1) is 0 Å². The Morgan fingerprint density at radius 3 is 1.86 bits per heavy atom. The smallest absolute Gasteiger partial charge is 0.168 e. The Hall–Kier alpha value is -0.120. The first kappa shape index (κ1) is 17.2. The highest BCUT2D eigenvalue weighted by atomic mass is 16.7. The number of ether oxygens (including phenoxy) is 2. The number of rotatable bonds is 9. The molecule has 1 saturated heterocycles. The van der Waals surface area contributed by atoms with Crippen LogP contribution >= 0.6 is 0 Å². The fraction of sp³-hybridized carbons (Fsp3) is 1.00. The molecule has 0 radical (unpaired) electrons. The molecule has 0 atom stereocenters. The largest absolute Gasteiger partial charge is 0.390 e. The Bertz CT molecular complexity index is 274. The summed E-state index contributed by atoms with van der Waals surface area (Å²) >= 11 is 0. The van der Waals surface area contributed by atoms with Gasteiger partial charge in [-0.05, 0) is 19.3 Å². The molecule has 0 aromatic carbocycles. The monoisotopic (exact) mass is 298 g/mol. The zero-order chi connectivity index (χ0) is 15.0. The summed E-state index contributed by atoms with van der Waals surface area (Å²) < 4.78 is 11.5. The minimum absolute atomic E-state index is 0.342. The van der Waals surface area contributed by atoms with Gasteiger partial charge in [-0.3, -0.25) is 0 Å². The molecule has 3 nitrogen and oxygen atoms in total. The van der Waals surface area contributed by atoms with Crippen LogP contribution in [0, 0.1) is 0 Å². The van der Waals surface area contributed by atoms with Crippen LogP contribution in [0.25, 0.3) is 0 Å². The van der Waals surface area contributed by atoms with E-state index >= 15 is 0 Å². The average Bonchev–Trinajstić information content (AvgIpc) is 2.95. The lowest BCUT2D eigenvalue weighted by atomic mass is 9.78. The number of aliphatic hydroxyl groups is 1. The molecule has 1 heterocycles. The van der Waals surface area contributed by atoms with E-state index in [2.05, 4.69) is 6.92 Å². The van der Waals surface area contributed by atoms with Crippen molar-refractivity contribution < 1.29 is 14.6 Å². The van der Waals surface area contributed by atoms with E-state index in [0.717, 1.165) is 45.3 Å². The molecule has 1 saturated carbocycles. The molecule has 2 aliphatic rings. The minimum Gasteiger partial charge on any atom is -0.390 e. The standard InChI is InChI=1S/C18H34O3/c1-2-3-4-5-6-7-8-9-10-17(19)11-13-18(14-12-17)20-15-16-21-18/h19H,2-16H2,1H3. The van der Waals surface area contributed by atoms with Crippen LogP contribution in [-0.4, -0.2) is 29.7 Å². The van der Waals surface area contributed by atoms with Gasteiger partial charge in [0.2, 0.25) is 0 Å². The Morgan fingerprint density at radius 2 is 1.29 bits per heavy atom. The normalized spacial score (nSPS) is 23.7. The van der Waals surface area contributed by atoms with Crippen LogP contribution in [0.15, 0.2) is 0 Å². The van der Waals surface area contributed by atoms with Crippen molar-refractivity contribution in [2.75, 3.05) is 13.2 Å². The highest BCUT2D eigenvalue weighted by Crippen LogP contribution is 2.42. The van der Waals surface area contributed by atoms with Crippen molar-refractivity contribution in [2.45, 2.75) is 102 Å². The van der Waals surface area contributed by atoms with Gasteiger partial charge in [-0.2, -0.15) is 0 Å². The van der Waals surface area contributed by atoms with Crippen molar-refractivity contribution in [1.29, 1.82) is 0 Å². The fourth-order valence-corrected chi connectivity index (χ4v) is 3.72. The van der Waals surface area contributed by atoms with Crippen LogP contribution in [0.2, 0.25) is 0 Å². The van der Waals surface area contributed by atoms with E-state index in [-0.39, 0.29) is 5.79 Å². The Kier molecular flexibility index (Phi) is 6.97. The number of unbranched alkanes of at least 4 members (excludes halogenated alkanes) is 7. The maximum Gasteiger partial charge on any atom is 0.168 e. The molecule has 1 aliphatic heterocycles. The van der Waals surface area contributed by atoms with Crippen molar-refractivity contribution in [2.24, 2.45) is 0 Å². The lowest BCUT2D eigenvalue weighted by molar-refractivity contribution is -0.203. The predicted octanol–water partition coefficient (Wildman–Crippen LogP) is 4.57. The maximum absolute atomic E-state index is 10.7. The van der Waals surface area contributed by atoms with Gasteiger partial charge in [-0.1, -0.05) is 58.3 Å². The summed E-state index contributed by atoms with van der Waals surface area (Å²) in [5.74, 6) is -0.342. The van der Waals surface area contributed by atoms with Gasteiger partial charge in [-0.25, -0.2) is 0 Å². The number of hydrogen-bond donors (Lipinski definition) is 1. The van der Waals surface area contributed by atoms with E-state index in [9.17, 15) is 5.11 Å². The van der Waals surface area contributed by atoms with Crippen LogP contribution in [0.4, 0.5) is 0 Å². The third-order valence-corrected chi connectivity index (χ3v) is 5.25. The molecule has 0 unspecified atom stereocenters. The van der Waals surface area contributed by atoms with Gasteiger partial charge in [0.15, 0.2) is 5.79 Å². The van der Waals surface area contributed by atoms with E-state index in [4.69, 9.17) is 9.47 Å². The molecule has 3 heteroatoms. The number of hydrogen-bond acceptors (Lipinski definition) is 3. The summed E-state index contributed by atoms with van der Waals surface area (Å²) in [6, 6.07) is 0. The molecule has 2 rings (SSSR count). The first-order chi connectivity index (χ1) is 10.2. The maximum atomic E-state index is 10.7. The average molecular weight is 298 g/mol. The quantitative estimate of drug-likeness (QED) is 0.634. The van der Waals surface area contributed by atoms with Crippen molar-refractivity contribution in [1.82, 2.24) is 0 Å². The van der Waals surface area contributed by atoms with Gasteiger partial charge < -0.3 is 14.6 Å². The van der Waals surface area contributed by atoms with Crippen LogP contribution < -0.4 is 0 Å². The highest BCUT2D eigenvalue weighted by Gasteiger charge is 2.45. The van der Waals surface area contributed by atoms with Crippen LogP contribution in [0.5, 0.6) is 0 Å². The van der Waals surface area contributed by atoms with Gasteiger partial charge in [0, 0.05) is 12.8 Å². The van der Waals surface area contributed by atoms with Crippen molar-refractivity contribution >= 4 is 0 Å². The third kappa shape index (κ3) is 5.54. The molecule has 0 bridgehead atoms. The molecule has 0 aromatic heterocycles. The third-order valence-electron chi connectivity index (χ3n) is 5.25. The van der Waals surface area contributed by atoms with Crippen molar-refractivity contribution in [3.8, 4) is 0 Å².